The molecule has 3 heterocycles. The highest BCUT2D eigenvalue weighted by Gasteiger charge is 2.71. The Hall–Kier alpha value is -4.89. The minimum Gasteiger partial charge on any atom is -0.493 e. The minimum absolute atomic E-state index is 0.261. The number of nitrogens with one attached hydrogen (secondary N) is 1. The van der Waals surface area contributed by atoms with Crippen LogP contribution in [0.2, 0.25) is 0 Å². The number of fused-ring (bicyclic) bond motifs is 5. The van der Waals surface area contributed by atoms with Crippen LogP contribution in [-0.4, -0.2) is 49.7 Å². The molecule has 0 bridgehead atoms. The van der Waals surface area contributed by atoms with Crippen molar-refractivity contribution in [3.63, 3.8) is 0 Å². The van der Waals surface area contributed by atoms with E-state index in [9.17, 15) is 9.59 Å². The highest BCUT2D eigenvalue weighted by atomic mass is 79.9. The van der Waals surface area contributed by atoms with Crippen LogP contribution in [0.4, 0.5) is 5.69 Å². The van der Waals surface area contributed by atoms with Gasteiger partial charge in [-0.1, -0.05) is 70.5 Å². The molecule has 8 nitrogen and oxygen atoms in total. The third-order valence-corrected chi connectivity index (χ3v) is 9.73. The van der Waals surface area contributed by atoms with Gasteiger partial charge in [0.25, 0.3) is 0 Å². The Morgan fingerprint density at radius 3 is 2.18 bits per heavy atom. The van der Waals surface area contributed by atoms with Crippen molar-refractivity contribution in [1.82, 2.24) is 4.90 Å². The molecule has 1 fully saturated rings. The maximum atomic E-state index is 15.2. The molecule has 226 valence electrons. The monoisotopic (exact) mass is 664 g/mol. The standard InChI is InChI=1S/C36H29BrN2O6/c1-43-27-18-22(19-28(44-2)33(27)45-3)31(40)29-30-24-9-5-4-8-20(24)16-17-39(30)34(32(41)21-12-14-23(37)15-13-21)36(29)25-10-6-7-11-26(25)38-35(36)42/h4-19,29-30,34H,1-3H3,(H,38,42)/t29-,30-,34-,36+/m0/s1. The van der Waals surface area contributed by atoms with Crippen LogP contribution in [0, 0.1) is 5.92 Å². The number of ether oxygens (including phenoxy) is 3. The average molecular weight is 666 g/mol. The van der Waals surface area contributed by atoms with Gasteiger partial charge in [-0.05, 0) is 53.1 Å². The molecule has 7 rings (SSSR count). The Kier molecular flexibility index (Phi) is 7.00. The van der Waals surface area contributed by atoms with E-state index in [1.807, 2.05) is 65.7 Å². The Labute approximate surface area is 268 Å². The Bertz CT molecular complexity index is 1880. The molecular formula is C36H29BrN2O6. The third kappa shape index (κ3) is 4.14. The van der Waals surface area contributed by atoms with E-state index < -0.39 is 29.3 Å². The van der Waals surface area contributed by atoms with E-state index in [4.69, 9.17) is 14.2 Å². The molecule has 1 saturated heterocycles. The number of nitrogens with zero attached hydrogens (tertiary/aromatic N) is 1. The first-order valence-electron chi connectivity index (χ1n) is 14.4. The zero-order valence-corrected chi connectivity index (χ0v) is 26.3. The van der Waals surface area contributed by atoms with Crippen molar-refractivity contribution in [1.29, 1.82) is 0 Å². The smallest absolute Gasteiger partial charge is 0.238 e. The maximum absolute atomic E-state index is 15.2. The zero-order chi connectivity index (χ0) is 31.5. The van der Waals surface area contributed by atoms with Gasteiger partial charge in [0.2, 0.25) is 11.7 Å². The van der Waals surface area contributed by atoms with Gasteiger partial charge in [0.05, 0.1) is 33.3 Å². The number of rotatable bonds is 7. The quantitative estimate of drug-likeness (QED) is 0.227. The number of hydrogen-bond acceptors (Lipinski definition) is 7. The van der Waals surface area contributed by atoms with Gasteiger partial charge in [0, 0.05) is 27.5 Å². The van der Waals surface area contributed by atoms with Crippen LogP contribution >= 0.6 is 15.9 Å². The highest BCUT2D eigenvalue weighted by Crippen LogP contribution is 2.61. The summed E-state index contributed by atoms with van der Waals surface area (Å²) in [6.07, 6.45) is 3.79. The summed E-state index contributed by atoms with van der Waals surface area (Å²) in [4.78, 5) is 46.6. The number of carbonyl (C=O) groups is 3. The fraction of sp³-hybridized carbons (Fsp3) is 0.194. The molecule has 45 heavy (non-hydrogen) atoms. The number of Topliss-reactive ketones (excluding diaryl/α,β-unsaturated/α-hetero) is 2. The summed E-state index contributed by atoms with van der Waals surface area (Å²) in [6.45, 7) is 0. The van der Waals surface area contributed by atoms with E-state index in [1.54, 1.807) is 36.4 Å². The number of methoxy groups -OCH3 is 3. The molecule has 3 aliphatic heterocycles. The van der Waals surface area contributed by atoms with Crippen molar-refractivity contribution in [3.05, 3.63) is 123 Å². The highest BCUT2D eigenvalue weighted by molar-refractivity contribution is 9.10. The molecule has 1 N–H and O–H groups in total. The summed E-state index contributed by atoms with van der Waals surface area (Å²) in [5.74, 6) is -1.03. The first-order valence-corrected chi connectivity index (χ1v) is 15.2. The molecule has 1 spiro atoms. The van der Waals surface area contributed by atoms with Crippen molar-refractivity contribution >= 4 is 45.2 Å². The van der Waals surface area contributed by atoms with Crippen LogP contribution in [0.1, 0.15) is 43.4 Å². The number of anilines is 1. The molecule has 0 aromatic heterocycles. The van der Waals surface area contributed by atoms with Crippen molar-refractivity contribution in [3.8, 4) is 17.2 Å². The van der Waals surface area contributed by atoms with Gasteiger partial charge >= 0.3 is 0 Å². The lowest BCUT2D eigenvalue weighted by Crippen LogP contribution is -2.54. The van der Waals surface area contributed by atoms with Gasteiger partial charge in [0.1, 0.15) is 11.5 Å². The Morgan fingerprint density at radius 2 is 1.49 bits per heavy atom. The van der Waals surface area contributed by atoms with E-state index in [2.05, 4.69) is 21.2 Å². The molecule has 9 heteroatoms. The fourth-order valence-corrected chi connectivity index (χ4v) is 7.62. The molecule has 4 aromatic carbocycles. The number of amides is 1. The lowest BCUT2D eigenvalue weighted by molar-refractivity contribution is -0.122. The second-order valence-electron chi connectivity index (χ2n) is 11.2. The topological polar surface area (TPSA) is 94.2 Å². The number of carbonyl (C=O) groups excluding carboxylic acids is 3. The predicted molar refractivity (Wildman–Crippen MR) is 173 cm³/mol. The first-order chi connectivity index (χ1) is 21.8. The molecule has 4 aromatic rings. The van der Waals surface area contributed by atoms with Gasteiger partial charge in [-0.2, -0.15) is 0 Å². The SMILES string of the molecule is COc1cc(C(=O)[C@@H]2[C@@H]3c4ccccc4C=CN3[C@@H](C(=O)c3ccc(Br)cc3)[C@]23C(=O)Nc2ccccc23)cc(OC)c1OC. The van der Waals surface area contributed by atoms with E-state index in [0.717, 1.165) is 15.6 Å². The van der Waals surface area contributed by atoms with E-state index in [1.165, 1.54) is 21.3 Å². The van der Waals surface area contributed by atoms with E-state index >= 15 is 4.79 Å². The van der Waals surface area contributed by atoms with Gasteiger partial charge in [0.15, 0.2) is 23.1 Å². The molecule has 0 unspecified atom stereocenters. The zero-order valence-electron chi connectivity index (χ0n) is 24.7. The van der Waals surface area contributed by atoms with Crippen LogP contribution < -0.4 is 19.5 Å². The summed E-state index contributed by atoms with van der Waals surface area (Å²) in [5, 5.41) is 3.04. The summed E-state index contributed by atoms with van der Waals surface area (Å²) < 4.78 is 17.5. The Morgan fingerprint density at radius 1 is 0.822 bits per heavy atom. The van der Waals surface area contributed by atoms with Crippen molar-refractivity contribution in [2.75, 3.05) is 26.6 Å². The summed E-state index contributed by atoms with van der Waals surface area (Å²) in [7, 11) is 4.47. The molecule has 4 atom stereocenters. The van der Waals surface area contributed by atoms with E-state index in [0.29, 0.717) is 34.1 Å². The number of para-hydroxylation sites is 1. The lowest BCUT2D eigenvalue weighted by Gasteiger charge is -2.35. The van der Waals surface area contributed by atoms with Crippen LogP contribution in [-0.2, 0) is 10.2 Å². The van der Waals surface area contributed by atoms with Crippen molar-refractivity contribution in [2.45, 2.75) is 17.5 Å². The molecule has 3 aliphatic rings. The van der Waals surface area contributed by atoms with Crippen molar-refractivity contribution in [2.24, 2.45) is 5.92 Å². The molecule has 0 radical (unpaired) electrons. The largest absolute Gasteiger partial charge is 0.493 e. The Balaban J connectivity index is 1.53. The van der Waals surface area contributed by atoms with Gasteiger partial charge in [-0.25, -0.2) is 0 Å². The third-order valence-electron chi connectivity index (χ3n) is 9.20. The van der Waals surface area contributed by atoms with Gasteiger partial charge < -0.3 is 24.4 Å². The van der Waals surface area contributed by atoms with Crippen molar-refractivity contribution < 1.29 is 28.6 Å². The minimum atomic E-state index is -1.58. The normalized spacial score (nSPS) is 22.4. The summed E-state index contributed by atoms with van der Waals surface area (Å²) >= 11 is 3.46. The van der Waals surface area contributed by atoms with E-state index in [-0.39, 0.29) is 17.1 Å². The summed E-state index contributed by atoms with van der Waals surface area (Å²) in [5.41, 5.74) is 2.09. The molecule has 1 amide bonds. The second-order valence-corrected chi connectivity index (χ2v) is 12.2. The first kappa shape index (κ1) is 28.9. The maximum Gasteiger partial charge on any atom is 0.238 e. The average Bonchev–Trinajstić information content (AvgIpc) is 3.55. The van der Waals surface area contributed by atoms with Gasteiger partial charge in [-0.15, -0.1) is 0 Å². The van der Waals surface area contributed by atoms with Crippen LogP contribution in [0.5, 0.6) is 17.2 Å². The number of halogens is 1. The number of ketones is 2. The summed E-state index contributed by atoms with van der Waals surface area (Å²) in [6, 6.07) is 23.7. The van der Waals surface area contributed by atoms with Gasteiger partial charge in [-0.3, -0.25) is 14.4 Å². The predicted octanol–water partition coefficient (Wildman–Crippen LogP) is 6.46. The fourth-order valence-electron chi connectivity index (χ4n) is 7.35. The molecular weight excluding hydrogens is 636 g/mol. The molecule has 0 saturated carbocycles. The number of hydrogen-bond donors (Lipinski definition) is 1. The van der Waals surface area contributed by atoms with Crippen LogP contribution in [0.3, 0.4) is 0 Å². The second kappa shape index (κ2) is 10.9. The van der Waals surface area contributed by atoms with Crippen LogP contribution in [0.15, 0.2) is 95.6 Å². The molecule has 0 aliphatic carbocycles. The number of benzene rings is 4. The lowest BCUT2D eigenvalue weighted by atomic mass is 9.63. The van der Waals surface area contributed by atoms with Crippen LogP contribution in [0.25, 0.3) is 6.08 Å².